The Labute approximate surface area is 136 Å². The van der Waals surface area contributed by atoms with E-state index in [2.05, 4.69) is 29.6 Å². The minimum absolute atomic E-state index is 0.0422. The van der Waals surface area contributed by atoms with Crippen LogP contribution >= 0.6 is 0 Å². The third-order valence-electron chi connectivity index (χ3n) is 3.96. The molecule has 1 aromatic carbocycles. The Morgan fingerprint density at radius 2 is 2.17 bits per heavy atom. The molecule has 1 aromatic heterocycles. The first kappa shape index (κ1) is 15.6. The van der Waals surface area contributed by atoms with Crippen molar-refractivity contribution in [3.63, 3.8) is 0 Å². The smallest absolute Gasteiger partial charge is 0.254 e. The number of piperazine rings is 1. The Balaban J connectivity index is 1.75. The molecule has 1 fully saturated rings. The lowest BCUT2D eigenvalue weighted by Gasteiger charge is -2.39. The summed E-state index contributed by atoms with van der Waals surface area (Å²) >= 11 is 0. The van der Waals surface area contributed by atoms with Gasteiger partial charge in [0.2, 0.25) is 0 Å². The lowest BCUT2D eigenvalue weighted by molar-refractivity contribution is 0.0652. The Kier molecular flexibility index (Phi) is 4.09. The Morgan fingerprint density at radius 1 is 1.35 bits per heavy atom. The van der Waals surface area contributed by atoms with Crippen LogP contribution in [0.15, 0.2) is 36.7 Å². The predicted octanol–water partition coefficient (Wildman–Crippen LogP) is 1.99. The van der Waals surface area contributed by atoms with Gasteiger partial charge in [-0.1, -0.05) is 6.07 Å². The highest BCUT2D eigenvalue weighted by molar-refractivity contribution is 5.95. The summed E-state index contributed by atoms with van der Waals surface area (Å²) in [5.74, 6) is 0.0782. The minimum atomic E-state index is -0.0422. The standard InChI is InChI=1S/C17H23N5O/c1-17(2)12-22(8-7-18-17)16(23)13-5-4-6-14(9-13)20-15-10-19-21(3)11-15/h4-6,9-11,18,20H,7-8,12H2,1-3H3. The molecule has 1 saturated heterocycles. The molecule has 2 N–H and O–H groups in total. The summed E-state index contributed by atoms with van der Waals surface area (Å²) in [4.78, 5) is 14.7. The fraction of sp³-hybridized carbons (Fsp3) is 0.412. The number of carbonyl (C=O) groups excluding carboxylic acids is 1. The maximum Gasteiger partial charge on any atom is 0.254 e. The molecule has 6 heteroatoms. The van der Waals surface area contributed by atoms with Gasteiger partial charge in [0, 0.05) is 49.7 Å². The van der Waals surface area contributed by atoms with Crippen molar-refractivity contribution in [3.8, 4) is 0 Å². The third kappa shape index (κ3) is 3.71. The van der Waals surface area contributed by atoms with Gasteiger partial charge in [0.05, 0.1) is 11.9 Å². The molecule has 2 heterocycles. The van der Waals surface area contributed by atoms with Crippen LogP contribution < -0.4 is 10.6 Å². The van der Waals surface area contributed by atoms with Gasteiger partial charge in [0.25, 0.3) is 5.91 Å². The number of aryl methyl sites for hydroxylation is 1. The number of aromatic nitrogens is 2. The summed E-state index contributed by atoms with van der Waals surface area (Å²) in [5, 5.41) is 10.8. The minimum Gasteiger partial charge on any atom is -0.353 e. The van der Waals surface area contributed by atoms with Gasteiger partial charge in [-0.3, -0.25) is 9.48 Å². The monoisotopic (exact) mass is 313 g/mol. The topological polar surface area (TPSA) is 62.2 Å². The zero-order chi connectivity index (χ0) is 16.4. The van der Waals surface area contributed by atoms with E-state index < -0.39 is 0 Å². The van der Waals surface area contributed by atoms with Crippen molar-refractivity contribution in [2.24, 2.45) is 7.05 Å². The summed E-state index contributed by atoms with van der Waals surface area (Å²) in [5.41, 5.74) is 2.45. The molecular weight excluding hydrogens is 290 g/mol. The normalized spacial score (nSPS) is 17.1. The molecule has 2 aromatic rings. The number of anilines is 2. The fourth-order valence-corrected chi connectivity index (χ4v) is 2.88. The quantitative estimate of drug-likeness (QED) is 0.910. The Morgan fingerprint density at radius 3 is 2.87 bits per heavy atom. The van der Waals surface area contributed by atoms with E-state index in [4.69, 9.17) is 0 Å². The highest BCUT2D eigenvalue weighted by Crippen LogP contribution is 2.19. The highest BCUT2D eigenvalue weighted by atomic mass is 16.2. The van der Waals surface area contributed by atoms with Gasteiger partial charge >= 0.3 is 0 Å². The van der Waals surface area contributed by atoms with Crippen molar-refractivity contribution in [2.75, 3.05) is 25.0 Å². The van der Waals surface area contributed by atoms with Crippen LogP contribution in [0.3, 0.4) is 0 Å². The van der Waals surface area contributed by atoms with E-state index in [0.29, 0.717) is 12.1 Å². The molecule has 0 radical (unpaired) electrons. The number of amides is 1. The molecule has 1 amide bonds. The molecule has 0 saturated carbocycles. The van der Waals surface area contributed by atoms with Crippen LogP contribution in [0.2, 0.25) is 0 Å². The number of carbonyl (C=O) groups is 1. The molecular formula is C17H23N5O. The van der Waals surface area contributed by atoms with Crippen LogP contribution in [-0.2, 0) is 7.05 Å². The molecule has 0 spiro atoms. The summed E-state index contributed by atoms with van der Waals surface area (Å²) in [6.07, 6.45) is 3.65. The molecule has 3 rings (SSSR count). The van der Waals surface area contributed by atoms with Gasteiger partial charge in [-0.15, -0.1) is 0 Å². The molecule has 0 bridgehead atoms. The predicted molar refractivity (Wildman–Crippen MR) is 90.9 cm³/mol. The number of benzene rings is 1. The van der Waals surface area contributed by atoms with Gasteiger partial charge in [-0.2, -0.15) is 5.10 Å². The third-order valence-corrected chi connectivity index (χ3v) is 3.96. The van der Waals surface area contributed by atoms with Crippen LogP contribution in [0.1, 0.15) is 24.2 Å². The summed E-state index contributed by atoms with van der Waals surface area (Å²) in [6.45, 7) is 6.51. The number of rotatable bonds is 3. The number of nitrogens with zero attached hydrogens (tertiary/aromatic N) is 3. The van der Waals surface area contributed by atoms with Crippen LogP contribution in [0.25, 0.3) is 0 Å². The summed E-state index contributed by atoms with van der Waals surface area (Å²) < 4.78 is 1.74. The van der Waals surface area contributed by atoms with Crippen LogP contribution in [0, 0.1) is 0 Å². The van der Waals surface area contributed by atoms with Crippen LogP contribution in [-0.4, -0.2) is 45.8 Å². The molecule has 1 aliphatic heterocycles. The Hall–Kier alpha value is -2.34. The molecule has 1 aliphatic rings. The van der Waals surface area contributed by atoms with Crippen molar-refractivity contribution in [3.05, 3.63) is 42.2 Å². The molecule has 0 unspecified atom stereocenters. The molecule has 6 nitrogen and oxygen atoms in total. The first-order valence-corrected chi connectivity index (χ1v) is 7.83. The first-order valence-electron chi connectivity index (χ1n) is 7.83. The first-order chi connectivity index (χ1) is 10.9. The summed E-state index contributed by atoms with van der Waals surface area (Å²) in [6, 6.07) is 7.61. The van der Waals surface area contributed by atoms with Gasteiger partial charge in [0.15, 0.2) is 0 Å². The molecule has 0 atom stereocenters. The van der Waals surface area contributed by atoms with E-state index >= 15 is 0 Å². The van der Waals surface area contributed by atoms with Crippen molar-refractivity contribution >= 4 is 17.3 Å². The van der Waals surface area contributed by atoms with Crippen molar-refractivity contribution in [1.82, 2.24) is 20.0 Å². The molecule has 122 valence electrons. The lowest BCUT2D eigenvalue weighted by atomic mass is 10.0. The second kappa shape index (κ2) is 6.04. The second-order valence-corrected chi connectivity index (χ2v) is 6.65. The SMILES string of the molecule is Cn1cc(Nc2cccc(C(=O)N3CCNC(C)(C)C3)c2)cn1. The average molecular weight is 313 g/mol. The van der Waals surface area contributed by atoms with E-state index in [1.807, 2.05) is 42.4 Å². The van der Waals surface area contributed by atoms with E-state index in [1.165, 1.54) is 0 Å². The van der Waals surface area contributed by atoms with Crippen LogP contribution in [0.5, 0.6) is 0 Å². The largest absolute Gasteiger partial charge is 0.353 e. The van der Waals surface area contributed by atoms with Gasteiger partial charge < -0.3 is 15.5 Å². The molecule has 0 aliphatic carbocycles. The van der Waals surface area contributed by atoms with Crippen molar-refractivity contribution in [1.29, 1.82) is 0 Å². The number of nitrogens with one attached hydrogen (secondary N) is 2. The highest BCUT2D eigenvalue weighted by Gasteiger charge is 2.29. The maximum absolute atomic E-state index is 12.8. The van der Waals surface area contributed by atoms with Gasteiger partial charge in [-0.25, -0.2) is 0 Å². The van der Waals surface area contributed by atoms with E-state index in [9.17, 15) is 4.79 Å². The number of hydrogen-bond donors (Lipinski definition) is 2. The number of hydrogen-bond acceptors (Lipinski definition) is 4. The fourth-order valence-electron chi connectivity index (χ4n) is 2.88. The zero-order valence-electron chi connectivity index (χ0n) is 13.8. The van der Waals surface area contributed by atoms with Crippen molar-refractivity contribution < 1.29 is 4.79 Å². The second-order valence-electron chi connectivity index (χ2n) is 6.65. The molecule has 23 heavy (non-hydrogen) atoms. The van der Waals surface area contributed by atoms with E-state index in [0.717, 1.165) is 24.5 Å². The van der Waals surface area contributed by atoms with E-state index in [1.54, 1.807) is 10.9 Å². The summed E-state index contributed by atoms with van der Waals surface area (Å²) in [7, 11) is 1.87. The Bertz CT molecular complexity index is 707. The van der Waals surface area contributed by atoms with Gasteiger partial charge in [-0.05, 0) is 32.0 Å². The average Bonchev–Trinajstić information content (AvgIpc) is 2.91. The van der Waals surface area contributed by atoms with Crippen molar-refractivity contribution in [2.45, 2.75) is 19.4 Å². The maximum atomic E-state index is 12.8. The lowest BCUT2D eigenvalue weighted by Crippen LogP contribution is -2.58. The van der Waals surface area contributed by atoms with Crippen LogP contribution in [0.4, 0.5) is 11.4 Å². The zero-order valence-corrected chi connectivity index (χ0v) is 13.8. The van der Waals surface area contributed by atoms with E-state index in [-0.39, 0.29) is 11.4 Å². The van der Waals surface area contributed by atoms with Gasteiger partial charge in [0.1, 0.15) is 0 Å².